The second kappa shape index (κ2) is 7.59. The van der Waals surface area contributed by atoms with E-state index in [4.69, 9.17) is 4.74 Å². The van der Waals surface area contributed by atoms with Gasteiger partial charge < -0.3 is 14.5 Å². The molecule has 18 heavy (non-hydrogen) atoms. The lowest BCUT2D eigenvalue weighted by molar-refractivity contribution is 0.103. The Morgan fingerprint density at radius 3 is 2.39 bits per heavy atom. The Balaban J connectivity index is 2.31. The van der Waals surface area contributed by atoms with Crippen LogP contribution >= 0.6 is 0 Å². The van der Waals surface area contributed by atoms with E-state index in [1.54, 1.807) is 12.0 Å². The first-order valence-corrected chi connectivity index (χ1v) is 6.76. The quantitative estimate of drug-likeness (QED) is 0.736. The van der Waals surface area contributed by atoms with Crippen LogP contribution in [0.25, 0.3) is 0 Å². The minimum Gasteiger partial charge on any atom is -0.383 e. The van der Waals surface area contributed by atoms with Gasteiger partial charge in [-0.05, 0) is 5.92 Å². The zero-order valence-corrected chi connectivity index (χ0v) is 12.2. The van der Waals surface area contributed by atoms with Crippen molar-refractivity contribution >= 4 is 6.03 Å². The lowest BCUT2D eigenvalue weighted by atomic mass is 10.2. The molecule has 1 aliphatic heterocycles. The van der Waals surface area contributed by atoms with Gasteiger partial charge in [-0.25, -0.2) is 4.79 Å². The third-order valence-electron chi connectivity index (χ3n) is 3.22. The summed E-state index contributed by atoms with van der Waals surface area (Å²) in [6.07, 6.45) is 0. The van der Waals surface area contributed by atoms with E-state index in [0.717, 1.165) is 32.7 Å². The molecule has 0 aliphatic carbocycles. The Morgan fingerprint density at radius 1 is 1.28 bits per heavy atom. The molecule has 0 N–H and O–H groups in total. The second-order valence-electron chi connectivity index (χ2n) is 5.38. The number of carbonyl (C=O) groups is 1. The highest BCUT2D eigenvalue weighted by atomic mass is 16.5. The van der Waals surface area contributed by atoms with Gasteiger partial charge in [0.25, 0.3) is 0 Å². The van der Waals surface area contributed by atoms with Crippen LogP contribution in [0, 0.1) is 5.92 Å². The fourth-order valence-corrected chi connectivity index (χ4v) is 2.20. The third-order valence-corrected chi connectivity index (χ3v) is 3.22. The van der Waals surface area contributed by atoms with E-state index < -0.39 is 0 Å². The van der Waals surface area contributed by atoms with Crippen LogP contribution in [-0.4, -0.2) is 80.8 Å². The highest BCUT2D eigenvalue weighted by molar-refractivity contribution is 5.74. The first-order chi connectivity index (χ1) is 8.54. The lowest BCUT2D eigenvalue weighted by Gasteiger charge is -2.37. The molecule has 0 unspecified atom stereocenters. The zero-order valence-electron chi connectivity index (χ0n) is 12.2. The number of hydrogen-bond acceptors (Lipinski definition) is 3. The maximum Gasteiger partial charge on any atom is 0.319 e. The van der Waals surface area contributed by atoms with Crippen molar-refractivity contribution in [2.75, 3.05) is 60.0 Å². The van der Waals surface area contributed by atoms with Crippen molar-refractivity contribution < 1.29 is 9.53 Å². The number of amides is 2. The normalized spacial score (nSPS) is 17.3. The molecule has 0 aromatic rings. The number of nitrogens with zero attached hydrogens (tertiary/aromatic N) is 3. The fraction of sp³-hybridized carbons (Fsp3) is 0.923. The van der Waals surface area contributed by atoms with Crippen molar-refractivity contribution in [3.63, 3.8) is 0 Å². The monoisotopic (exact) mass is 257 g/mol. The first-order valence-electron chi connectivity index (χ1n) is 6.76. The largest absolute Gasteiger partial charge is 0.383 e. The maximum atomic E-state index is 12.1. The average molecular weight is 257 g/mol. The maximum absolute atomic E-state index is 12.1. The predicted octanol–water partition coefficient (Wildman–Crippen LogP) is 0.958. The summed E-state index contributed by atoms with van der Waals surface area (Å²) in [5.41, 5.74) is 0. The predicted molar refractivity (Wildman–Crippen MR) is 72.8 cm³/mol. The number of methoxy groups -OCH3 is 1. The van der Waals surface area contributed by atoms with Crippen molar-refractivity contribution in [3.8, 4) is 0 Å². The minimum absolute atomic E-state index is 0.122. The molecular formula is C13H27N3O2. The SMILES string of the molecule is COCCN(C)C(=O)N1CCN(CC(C)C)CC1. The first kappa shape index (κ1) is 15.2. The molecule has 0 bridgehead atoms. The van der Waals surface area contributed by atoms with E-state index >= 15 is 0 Å². The minimum atomic E-state index is 0.122. The summed E-state index contributed by atoms with van der Waals surface area (Å²) in [6, 6.07) is 0.122. The number of hydrogen-bond donors (Lipinski definition) is 0. The van der Waals surface area contributed by atoms with Crippen LogP contribution in [0.2, 0.25) is 0 Å². The summed E-state index contributed by atoms with van der Waals surface area (Å²) in [4.78, 5) is 18.2. The number of ether oxygens (including phenoxy) is 1. The van der Waals surface area contributed by atoms with Gasteiger partial charge in [-0.15, -0.1) is 0 Å². The second-order valence-corrected chi connectivity index (χ2v) is 5.38. The van der Waals surface area contributed by atoms with E-state index in [-0.39, 0.29) is 6.03 Å². The molecule has 1 aliphatic rings. The number of rotatable bonds is 5. The molecule has 0 aromatic carbocycles. The Bertz CT molecular complexity index is 251. The van der Waals surface area contributed by atoms with Gasteiger partial charge in [0.2, 0.25) is 0 Å². The smallest absolute Gasteiger partial charge is 0.319 e. The molecule has 0 saturated carbocycles. The summed E-state index contributed by atoms with van der Waals surface area (Å²) >= 11 is 0. The molecule has 0 spiro atoms. The molecule has 5 nitrogen and oxygen atoms in total. The Kier molecular flexibility index (Phi) is 6.43. The molecule has 1 fully saturated rings. The van der Waals surface area contributed by atoms with Crippen LogP contribution in [0.1, 0.15) is 13.8 Å². The van der Waals surface area contributed by atoms with Gasteiger partial charge in [0.15, 0.2) is 0 Å². The number of likely N-dealkylation sites (N-methyl/N-ethyl adjacent to an activating group) is 1. The third kappa shape index (κ3) is 4.82. The van der Waals surface area contributed by atoms with Crippen LogP contribution in [0.15, 0.2) is 0 Å². The van der Waals surface area contributed by atoms with Crippen molar-refractivity contribution in [3.05, 3.63) is 0 Å². The van der Waals surface area contributed by atoms with Crippen molar-refractivity contribution in [1.29, 1.82) is 0 Å². The Hall–Kier alpha value is -0.810. The molecule has 0 atom stereocenters. The van der Waals surface area contributed by atoms with Gasteiger partial charge in [0.1, 0.15) is 0 Å². The lowest BCUT2D eigenvalue weighted by Crippen LogP contribution is -2.52. The molecular weight excluding hydrogens is 230 g/mol. The van der Waals surface area contributed by atoms with Crippen LogP contribution < -0.4 is 0 Å². The Morgan fingerprint density at radius 2 is 1.89 bits per heavy atom. The van der Waals surface area contributed by atoms with Gasteiger partial charge in [-0.2, -0.15) is 0 Å². The van der Waals surface area contributed by atoms with Crippen LogP contribution in [0.4, 0.5) is 4.79 Å². The van der Waals surface area contributed by atoms with Crippen molar-refractivity contribution in [1.82, 2.24) is 14.7 Å². The van der Waals surface area contributed by atoms with E-state index in [1.807, 2.05) is 11.9 Å². The van der Waals surface area contributed by atoms with Gasteiger partial charge in [-0.3, -0.25) is 4.90 Å². The molecule has 1 heterocycles. The zero-order chi connectivity index (χ0) is 13.5. The van der Waals surface area contributed by atoms with E-state index in [9.17, 15) is 4.79 Å². The standard InChI is InChI=1S/C13H27N3O2/c1-12(2)11-15-5-7-16(8-6-15)13(17)14(3)9-10-18-4/h12H,5-11H2,1-4H3. The summed E-state index contributed by atoms with van der Waals surface area (Å²) in [7, 11) is 3.49. The van der Waals surface area contributed by atoms with Crippen molar-refractivity contribution in [2.24, 2.45) is 5.92 Å². The topological polar surface area (TPSA) is 36.0 Å². The van der Waals surface area contributed by atoms with E-state index in [0.29, 0.717) is 19.1 Å². The molecule has 0 aromatic heterocycles. The molecule has 106 valence electrons. The number of urea groups is 1. The average Bonchev–Trinajstić information content (AvgIpc) is 2.35. The van der Waals surface area contributed by atoms with Crippen LogP contribution in [0.5, 0.6) is 0 Å². The van der Waals surface area contributed by atoms with Crippen LogP contribution in [0.3, 0.4) is 0 Å². The summed E-state index contributed by atoms with van der Waals surface area (Å²) in [5.74, 6) is 0.691. The van der Waals surface area contributed by atoms with Gasteiger partial charge >= 0.3 is 6.03 Å². The molecule has 0 radical (unpaired) electrons. The number of carbonyl (C=O) groups excluding carboxylic acids is 1. The molecule has 1 saturated heterocycles. The van der Waals surface area contributed by atoms with Gasteiger partial charge in [-0.1, -0.05) is 13.8 Å². The van der Waals surface area contributed by atoms with E-state index in [1.165, 1.54) is 0 Å². The van der Waals surface area contributed by atoms with Gasteiger partial charge in [0.05, 0.1) is 6.61 Å². The highest BCUT2D eigenvalue weighted by Crippen LogP contribution is 2.07. The number of piperazine rings is 1. The van der Waals surface area contributed by atoms with Crippen molar-refractivity contribution in [2.45, 2.75) is 13.8 Å². The summed E-state index contributed by atoms with van der Waals surface area (Å²) < 4.78 is 4.99. The highest BCUT2D eigenvalue weighted by Gasteiger charge is 2.23. The van der Waals surface area contributed by atoms with Gasteiger partial charge in [0, 0.05) is 53.4 Å². The molecule has 1 rings (SSSR count). The fourth-order valence-electron chi connectivity index (χ4n) is 2.20. The van der Waals surface area contributed by atoms with E-state index in [2.05, 4.69) is 18.7 Å². The van der Waals surface area contributed by atoms with Crippen LogP contribution in [-0.2, 0) is 4.74 Å². The molecule has 5 heteroatoms. The summed E-state index contributed by atoms with van der Waals surface area (Å²) in [5, 5.41) is 0. The molecule has 2 amide bonds. The Labute approximate surface area is 111 Å². The summed E-state index contributed by atoms with van der Waals surface area (Å²) in [6.45, 7) is 10.5.